The van der Waals surface area contributed by atoms with E-state index in [2.05, 4.69) is 108 Å². The maximum atomic E-state index is 6.35. The van der Waals surface area contributed by atoms with Crippen LogP contribution >= 0.6 is 0 Å². The van der Waals surface area contributed by atoms with Gasteiger partial charge in [0.2, 0.25) is 0 Å². The number of furan rings is 1. The minimum absolute atomic E-state index is 0.888. The Bertz CT molecular complexity index is 2500. The molecule has 3 heterocycles. The Labute approximate surface area is 247 Å². The van der Waals surface area contributed by atoms with Crippen molar-refractivity contribution in [3.63, 3.8) is 0 Å². The molecule has 9 rings (SSSR count). The SMILES string of the molecule is c1ccc(-c2ccc3c(-c4cccc5cccnc45)c4ccccc4c(-c4ccc5c(c4)oc4ccccc45)c3c2)nc1. The second kappa shape index (κ2) is 9.37. The number of rotatable bonds is 3. The van der Waals surface area contributed by atoms with Crippen LogP contribution in [0.4, 0.5) is 0 Å². The summed E-state index contributed by atoms with van der Waals surface area (Å²) in [6.45, 7) is 0. The lowest BCUT2D eigenvalue weighted by molar-refractivity contribution is 0.669. The van der Waals surface area contributed by atoms with E-state index in [4.69, 9.17) is 9.40 Å². The summed E-state index contributed by atoms with van der Waals surface area (Å²) in [6.07, 6.45) is 3.73. The van der Waals surface area contributed by atoms with Crippen LogP contribution in [0, 0.1) is 0 Å². The highest BCUT2D eigenvalue weighted by atomic mass is 16.3. The van der Waals surface area contributed by atoms with E-state index in [0.717, 1.165) is 55.2 Å². The van der Waals surface area contributed by atoms with Crippen molar-refractivity contribution in [3.8, 4) is 33.5 Å². The van der Waals surface area contributed by atoms with Crippen LogP contribution in [0.5, 0.6) is 0 Å². The van der Waals surface area contributed by atoms with Crippen LogP contribution in [0.25, 0.3) is 87.9 Å². The molecule has 0 saturated carbocycles. The molecule has 3 nitrogen and oxygen atoms in total. The number of pyridine rings is 2. The van der Waals surface area contributed by atoms with Gasteiger partial charge in [0.1, 0.15) is 11.2 Å². The molecule has 3 heteroatoms. The summed E-state index contributed by atoms with van der Waals surface area (Å²) in [5, 5.41) is 8.11. The average molecular weight is 549 g/mol. The van der Waals surface area contributed by atoms with Gasteiger partial charge in [-0.15, -0.1) is 0 Å². The molecule has 0 unspecified atom stereocenters. The third-order valence-electron chi connectivity index (χ3n) is 8.55. The molecule has 0 saturated heterocycles. The van der Waals surface area contributed by atoms with E-state index in [1.54, 1.807) is 0 Å². The largest absolute Gasteiger partial charge is 0.456 e. The number of benzene rings is 6. The predicted octanol–water partition coefficient (Wildman–Crippen LogP) is 10.8. The minimum atomic E-state index is 0.888. The Morgan fingerprint density at radius 2 is 1.12 bits per heavy atom. The van der Waals surface area contributed by atoms with E-state index in [9.17, 15) is 0 Å². The Morgan fingerprint density at radius 1 is 0.419 bits per heavy atom. The standard InChI is InChI=1S/C40H24N2O/c1-2-13-31-30(12-1)38(27-18-19-29-28-11-3-4-16-36(28)43-37(29)24-27)34-23-26(35-15-5-6-21-41-35)17-20-32(34)39(31)33-14-7-9-25-10-8-22-42-40(25)33/h1-24H. The summed E-state index contributed by atoms with van der Waals surface area (Å²) in [4.78, 5) is 9.53. The Kier molecular flexibility index (Phi) is 5.20. The minimum Gasteiger partial charge on any atom is -0.456 e. The van der Waals surface area contributed by atoms with Crippen molar-refractivity contribution in [3.05, 3.63) is 146 Å². The second-order valence-corrected chi connectivity index (χ2v) is 11.0. The van der Waals surface area contributed by atoms with Gasteiger partial charge in [0.15, 0.2) is 0 Å². The van der Waals surface area contributed by atoms with Crippen LogP contribution < -0.4 is 0 Å². The molecule has 0 spiro atoms. The summed E-state index contributed by atoms with van der Waals surface area (Å²) in [5.41, 5.74) is 9.44. The lowest BCUT2D eigenvalue weighted by atomic mass is 9.84. The molecular weight excluding hydrogens is 524 g/mol. The van der Waals surface area contributed by atoms with Crippen LogP contribution in [0.3, 0.4) is 0 Å². The van der Waals surface area contributed by atoms with Gasteiger partial charge in [-0.1, -0.05) is 91.0 Å². The molecule has 0 aliphatic rings. The zero-order chi connectivity index (χ0) is 28.3. The fourth-order valence-corrected chi connectivity index (χ4v) is 6.66. The first-order valence-electron chi connectivity index (χ1n) is 14.5. The van der Waals surface area contributed by atoms with Crippen LogP contribution in [-0.2, 0) is 0 Å². The van der Waals surface area contributed by atoms with Crippen LogP contribution in [0.15, 0.2) is 150 Å². The van der Waals surface area contributed by atoms with Gasteiger partial charge in [-0.3, -0.25) is 9.97 Å². The first-order valence-corrected chi connectivity index (χ1v) is 14.5. The number of aromatic nitrogens is 2. The highest BCUT2D eigenvalue weighted by Crippen LogP contribution is 2.46. The van der Waals surface area contributed by atoms with E-state index in [-0.39, 0.29) is 0 Å². The zero-order valence-corrected chi connectivity index (χ0v) is 23.2. The molecule has 6 aromatic carbocycles. The van der Waals surface area contributed by atoms with Crippen LogP contribution in [-0.4, -0.2) is 9.97 Å². The number of nitrogens with zero attached hydrogens (tertiary/aromatic N) is 2. The molecule has 0 amide bonds. The lowest BCUT2D eigenvalue weighted by Gasteiger charge is -2.19. The quantitative estimate of drug-likeness (QED) is 0.206. The van der Waals surface area contributed by atoms with Gasteiger partial charge in [0, 0.05) is 39.7 Å². The number of hydrogen-bond donors (Lipinski definition) is 0. The Hall–Kier alpha value is -5.80. The van der Waals surface area contributed by atoms with Crippen molar-refractivity contribution in [2.75, 3.05) is 0 Å². The van der Waals surface area contributed by atoms with Crippen molar-refractivity contribution < 1.29 is 4.42 Å². The molecule has 200 valence electrons. The molecule has 0 atom stereocenters. The van der Waals surface area contributed by atoms with Gasteiger partial charge in [-0.05, 0) is 80.7 Å². The van der Waals surface area contributed by atoms with Gasteiger partial charge in [0.25, 0.3) is 0 Å². The molecule has 3 aromatic heterocycles. The molecule has 43 heavy (non-hydrogen) atoms. The average Bonchev–Trinajstić information content (AvgIpc) is 3.45. The van der Waals surface area contributed by atoms with Gasteiger partial charge in [-0.25, -0.2) is 0 Å². The van der Waals surface area contributed by atoms with Crippen LogP contribution in [0.1, 0.15) is 0 Å². The first-order chi connectivity index (χ1) is 21.3. The van der Waals surface area contributed by atoms with Crippen molar-refractivity contribution in [2.24, 2.45) is 0 Å². The molecule has 0 aliphatic heterocycles. The van der Waals surface area contributed by atoms with E-state index >= 15 is 0 Å². The Morgan fingerprint density at radius 3 is 2.00 bits per heavy atom. The van der Waals surface area contributed by atoms with Gasteiger partial charge in [-0.2, -0.15) is 0 Å². The number of hydrogen-bond acceptors (Lipinski definition) is 3. The molecule has 0 bridgehead atoms. The number of para-hydroxylation sites is 2. The van der Waals surface area contributed by atoms with E-state index in [1.807, 2.05) is 42.7 Å². The fraction of sp³-hybridized carbons (Fsp3) is 0. The molecule has 0 radical (unpaired) electrons. The van der Waals surface area contributed by atoms with Crippen molar-refractivity contribution >= 4 is 54.4 Å². The Balaban J connectivity index is 1.43. The summed E-state index contributed by atoms with van der Waals surface area (Å²) in [6, 6.07) is 47.0. The normalized spacial score (nSPS) is 11.7. The van der Waals surface area contributed by atoms with E-state index in [1.165, 1.54) is 32.7 Å². The maximum Gasteiger partial charge on any atom is 0.136 e. The molecular formula is C40H24N2O. The molecule has 0 aliphatic carbocycles. The highest BCUT2D eigenvalue weighted by Gasteiger charge is 2.20. The number of fused-ring (bicyclic) bond motifs is 6. The third-order valence-corrected chi connectivity index (χ3v) is 8.55. The lowest BCUT2D eigenvalue weighted by Crippen LogP contribution is -1.93. The van der Waals surface area contributed by atoms with Crippen molar-refractivity contribution in [1.29, 1.82) is 0 Å². The van der Waals surface area contributed by atoms with Crippen LogP contribution in [0.2, 0.25) is 0 Å². The fourth-order valence-electron chi connectivity index (χ4n) is 6.66. The van der Waals surface area contributed by atoms with Gasteiger partial charge in [0.05, 0.1) is 11.2 Å². The summed E-state index contributed by atoms with van der Waals surface area (Å²) < 4.78 is 6.35. The monoisotopic (exact) mass is 548 g/mol. The van der Waals surface area contributed by atoms with Gasteiger partial charge < -0.3 is 4.42 Å². The summed E-state index contributed by atoms with van der Waals surface area (Å²) in [7, 11) is 0. The van der Waals surface area contributed by atoms with Crippen molar-refractivity contribution in [2.45, 2.75) is 0 Å². The third kappa shape index (κ3) is 3.68. The summed E-state index contributed by atoms with van der Waals surface area (Å²) >= 11 is 0. The predicted molar refractivity (Wildman–Crippen MR) is 178 cm³/mol. The topological polar surface area (TPSA) is 38.9 Å². The van der Waals surface area contributed by atoms with E-state index in [0.29, 0.717) is 0 Å². The second-order valence-electron chi connectivity index (χ2n) is 11.0. The van der Waals surface area contributed by atoms with Gasteiger partial charge >= 0.3 is 0 Å². The summed E-state index contributed by atoms with van der Waals surface area (Å²) in [5.74, 6) is 0. The zero-order valence-electron chi connectivity index (χ0n) is 23.2. The molecule has 0 N–H and O–H groups in total. The smallest absolute Gasteiger partial charge is 0.136 e. The first kappa shape index (κ1) is 23.9. The van der Waals surface area contributed by atoms with E-state index < -0.39 is 0 Å². The molecule has 9 aromatic rings. The maximum absolute atomic E-state index is 6.35. The van der Waals surface area contributed by atoms with Crippen molar-refractivity contribution in [1.82, 2.24) is 9.97 Å². The molecule has 0 fully saturated rings. The highest BCUT2D eigenvalue weighted by molar-refractivity contribution is 6.24.